The lowest BCUT2D eigenvalue weighted by atomic mass is 9.47. The zero-order chi connectivity index (χ0) is 15.5. The first-order chi connectivity index (χ1) is 10.5. The SMILES string of the molecule is C[C@]12CCC3[C@@H](CCC4=CC(=O)CC[C@@]43C=O)C1CCC2=O. The van der Waals surface area contributed by atoms with Crippen LogP contribution in [0.2, 0.25) is 0 Å². The smallest absolute Gasteiger partial charge is 0.155 e. The molecule has 5 atom stereocenters. The molecule has 3 nitrogen and oxygen atoms in total. The molecule has 118 valence electrons. The van der Waals surface area contributed by atoms with Crippen LogP contribution in [0.3, 0.4) is 0 Å². The van der Waals surface area contributed by atoms with Crippen molar-refractivity contribution in [3.63, 3.8) is 0 Å². The molecule has 0 aliphatic heterocycles. The van der Waals surface area contributed by atoms with Gasteiger partial charge in [-0.15, -0.1) is 0 Å². The Hall–Kier alpha value is -1.25. The fraction of sp³-hybridized carbons (Fsp3) is 0.737. The Balaban J connectivity index is 1.74. The summed E-state index contributed by atoms with van der Waals surface area (Å²) in [5.41, 5.74) is 0.550. The third-order valence-electron chi connectivity index (χ3n) is 7.48. The molecule has 0 saturated heterocycles. The average Bonchev–Trinajstić information content (AvgIpc) is 2.82. The second-order valence-corrected chi connectivity index (χ2v) is 8.13. The zero-order valence-electron chi connectivity index (χ0n) is 13.3. The summed E-state index contributed by atoms with van der Waals surface area (Å²) >= 11 is 0. The number of hydrogen-bond acceptors (Lipinski definition) is 3. The summed E-state index contributed by atoms with van der Waals surface area (Å²) in [5.74, 6) is 1.91. The van der Waals surface area contributed by atoms with Crippen molar-refractivity contribution in [2.24, 2.45) is 28.6 Å². The number of allylic oxidation sites excluding steroid dienone is 1. The molecular weight excluding hydrogens is 276 g/mol. The number of carbonyl (C=O) groups excluding carboxylic acids is 3. The summed E-state index contributed by atoms with van der Waals surface area (Å²) in [6, 6.07) is 0. The number of carbonyl (C=O) groups is 3. The predicted molar refractivity (Wildman–Crippen MR) is 82.1 cm³/mol. The molecule has 0 aromatic rings. The van der Waals surface area contributed by atoms with Gasteiger partial charge in [0.2, 0.25) is 0 Å². The van der Waals surface area contributed by atoms with Crippen molar-refractivity contribution >= 4 is 17.9 Å². The van der Waals surface area contributed by atoms with Crippen molar-refractivity contribution in [2.45, 2.75) is 58.3 Å². The molecule has 0 radical (unpaired) electrons. The van der Waals surface area contributed by atoms with E-state index in [1.54, 1.807) is 6.08 Å². The number of aldehydes is 1. The maximum absolute atomic E-state index is 12.4. The first-order valence-corrected chi connectivity index (χ1v) is 8.75. The minimum absolute atomic E-state index is 0.142. The van der Waals surface area contributed by atoms with E-state index in [4.69, 9.17) is 0 Å². The lowest BCUT2D eigenvalue weighted by molar-refractivity contribution is -0.135. The van der Waals surface area contributed by atoms with E-state index in [0.29, 0.717) is 36.4 Å². The fourth-order valence-electron chi connectivity index (χ4n) is 6.26. The normalized spacial score (nSPS) is 47.3. The number of rotatable bonds is 1. The second-order valence-electron chi connectivity index (χ2n) is 8.13. The van der Waals surface area contributed by atoms with Gasteiger partial charge in [-0.05, 0) is 62.4 Å². The molecule has 0 heterocycles. The molecule has 4 rings (SSSR count). The van der Waals surface area contributed by atoms with Crippen LogP contribution in [-0.4, -0.2) is 17.9 Å². The largest absolute Gasteiger partial charge is 0.302 e. The van der Waals surface area contributed by atoms with Crippen molar-refractivity contribution < 1.29 is 14.4 Å². The summed E-state index contributed by atoms with van der Waals surface area (Å²) in [7, 11) is 0. The van der Waals surface area contributed by atoms with E-state index in [2.05, 4.69) is 6.92 Å². The second kappa shape index (κ2) is 4.62. The van der Waals surface area contributed by atoms with Crippen molar-refractivity contribution in [3.05, 3.63) is 11.6 Å². The van der Waals surface area contributed by atoms with Crippen LogP contribution in [-0.2, 0) is 14.4 Å². The van der Waals surface area contributed by atoms with Crippen LogP contribution >= 0.6 is 0 Å². The van der Waals surface area contributed by atoms with E-state index in [-0.39, 0.29) is 11.2 Å². The van der Waals surface area contributed by atoms with Crippen LogP contribution in [0, 0.1) is 28.6 Å². The average molecular weight is 300 g/mol. The Bertz CT molecular complexity index is 589. The van der Waals surface area contributed by atoms with Crippen LogP contribution in [0.1, 0.15) is 58.3 Å². The van der Waals surface area contributed by atoms with Crippen LogP contribution in [0.5, 0.6) is 0 Å². The summed E-state index contributed by atoms with van der Waals surface area (Å²) in [5, 5.41) is 0. The Morgan fingerprint density at radius 3 is 2.64 bits per heavy atom. The van der Waals surface area contributed by atoms with Gasteiger partial charge in [0.25, 0.3) is 0 Å². The molecule has 22 heavy (non-hydrogen) atoms. The summed E-state index contributed by atoms with van der Waals surface area (Å²) in [4.78, 5) is 36.2. The van der Waals surface area contributed by atoms with Gasteiger partial charge in [0.05, 0.1) is 5.41 Å². The highest BCUT2D eigenvalue weighted by Gasteiger charge is 2.60. The zero-order valence-corrected chi connectivity index (χ0v) is 13.3. The molecular formula is C19H24O3. The van der Waals surface area contributed by atoms with Crippen molar-refractivity contribution in [1.82, 2.24) is 0 Å². The summed E-state index contributed by atoms with van der Waals surface area (Å²) in [6.07, 6.45) is 9.65. The Morgan fingerprint density at radius 2 is 1.86 bits per heavy atom. The molecule has 2 unspecified atom stereocenters. The molecule has 4 aliphatic rings. The maximum atomic E-state index is 12.4. The van der Waals surface area contributed by atoms with Gasteiger partial charge in [-0.3, -0.25) is 9.59 Å². The minimum Gasteiger partial charge on any atom is -0.302 e. The monoisotopic (exact) mass is 300 g/mol. The number of ketones is 2. The van der Waals surface area contributed by atoms with Crippen LogP contribution in [0.15, 0.2) is 11.6 Å². The Kier molecular flexibility index (Phi) is 3.02. The van der Waals surface area contributed by atoms with Crippen LogP contribution < -0.4 is 0 Å². The maximum Gasteiger partial charge on any atom is 0.155 e. The highest BCUT2D eigenvalue weighted by Crippen LogP contribution is 2.63. The number of hydrogen-bond donors (Lipinski definition) is 0. The van der Waals surface area contributed by atoms with Gasteiger partial charge in [-0.1, -0.05) is 12.5 Å². The van der Waals surface area contributed by atoms with E-state index in [1.807, 2.05) is 0 Å². The summed E-state index contributed by atoms with van der Waals surface area (Å²) in [6.45, 7) is 2.16. The van der Waals surface area contributed by atoms with Gasteiger partial charge in [0, 0.05) is 18.3 Å². The quantitative estimate of drug-likeness (QED) is 0.698. The number of Topliss-reactive ketones (excluding diaryl/α,β-unsaturated/α-hetero) is 1. The molecule has 0 N–H and O–H groups in total. The highest BCUT2D eigenvalue weighted by atomic mass is 16.1. The number of fused-ring (bicyclic) bond motifs is 5. The lowest BCUT2D eigenvalue weighted by Crippen LogP contribution is -2.52. The van der Waals surface area contributed by atoms with E-state index >= 15 is 0 Å². The lowest BCUT2D eigenvalue weighted by Gasteiger charge is -2.55. The summed E-state index contributed by atoms with van der Waals surface area (Å²) < 4.78 is 0. The fourth-order valence-corrected chi connectivity index (χ4v) is 6.26. The molecule has 3 saturated carbocycles. The van der Waals surface area contributed by atoms with Crippen LogP contribution in [0.25, 0.3) is 0 Å². The minimum atomic E-state index is -0.399. The molecule has 4 aliphatic carbocycles. The molecule has 3 fully saturated rings. The van der Waals surface area contributed by atoms with Crippen molar-refractivity contribution in [2.75, 3.05) is 0 Å². The van der Waals surface area contributed by atoms with Crippen molar-refractivity contribution in [3.8, 4) is 0 Å². The molecule has 0 aromatic heterocycles. The topological polar surface area (TPSA) is 51.2 Å². The van der Waals surface area contributed by atoms with Crippen molar-refractivity contribution in [1.29, 1.82) is 0 Å². The molecule has 0 aromatic carbocycles. The van der Waals surface area contributed by atoms with Gasteiger partial charge >= 0.3 is 0 Å². The van der Waals surface area contributed by atoms with E-state index in [0.717, 1.165) is 50.4 Å². The van der Waals surface area contributed by atoms with Gasteiger partial charge in [0.1, 0.15) is 12.1 Å². The Morgan fingerprint density at radius 1 is 1.05 bits per heavy atom. The predicted octanol–water partition coefficient (Wildman–Crippen LogP) is 3.27. The first kappa shape index (κ1) is 14.3. The molecule has 3 heteroatoms. The Labute approximate surface area is 131 Å². The van der Waals surface area contributed by atoms with Gasteiger partial charge in [-0.25, -0.2) is 0 Å². The molecule has 0 amide bonds. The third kappa shape index (κ3) is 1.65. The third-order valence-corrected chi connectivity index (χ3v) is 7.48. The van der Waals surface area contributed by atoms with Gasteiger partial charge in [-0.2, -0.15) is 0 Å². The van der Waals surface area contributed by atoms with E-state index in [9.17, 15) is 14.4 Å². The standard InChI is InChI=1S/C19H24O3/c1-18-8-7-16-14(15(18)4-5-17(18)22)3-2-12-10-13(21)6-9-19(12,16)11-20/h10-11,14-16H,2-9H2,1H3/t14-,15?,16?,18-,19+/m0/s1. The van der Waals surface area contributed by atoms with Gasteiger partial charge in [0.15, 0.2) is 5.78 Å². The van der Waals surface area contributed by atoms with E-state index in [1.165, 1.54) is 0 Å². The van der Waals surface area contributed by atoms with E-state index < -0.39 is 5.41 Å². The molecule has 0 spiro atoms. The van der Waals surface area contributed by atoms with Gasteiger partial charge < -0.3 is 4.79 Å². The first-order valence-electron chi connectivity index (χ1n) is 8.75. The van der Waals surface area contributed by atoms with Crippen LogP contribution in [0.4, 0.5) is 0 Å². The highest BCUT2D eigenvalue weighted by molar-refractivity contribution is 5.93. The molecule has 0 bridgehead atoms.